The lowest BCUT2D eigenvalue weighted by molar-refractivity contribution is -0.0508. The second-order valence-corrected chi connectivity index (χ2v) is 4.30. The summed E-state index contributed by atoms with van der Waals surface area (Å²) in [6, 6.07) is 1.31. The van der Waals surface area contributed by atoms with Gasteiger partial charge in [-0.05, 0) is 26.7 Å². The molecule has 0 atom stereocenters. The monoisotopic (exact) mass is 171 g/mol. The average Bonchev–Trinajstić information content (AvgIpc) is 1.80. The quantitative estimate of drug-likeness (QED) is 0.698. The molecule has 0 aliphatic heterocycles. The summed E-state index contributed by atoms with van der Waals surface area (Å²) in [7, 11) is 0. The maximum Gasteiger partial charge on any atom is 0.0608 e. The van der Waals surface area contributed by atoms with Crippen LogP contribution in [0.3, 0.4) is 0 Å². The molecule has 0 aromatic heterocycles. The average molecular weight is 171 g/mol. The van der Waals surface area contributed by atoms with Crippen molar-refractivity contribution in [2.75, 3.05) is 0 Å². The standard InChI is InChI=1S/C10H21NO/c1-7(2)11-9-5-10(6-9)12-8(3)4/h7-11H,5-6H2,1-4H3. The molecule has 1 aliphatic carbocycles. The normalized spacial score (nSPS) is 29.5. The summed E-state index contributed by atoms with van der Waals surface area (Å²) in [6.07, 6.45) is 3.28. The Morgan fingerprint density at radius 3 is 2.17 bits per heavy atom. The molecule has 72 valence electrons. The van der Waals surface area contributed by atoms with Crippen molar-refractivity contribution in [2.24, 2.45) is 0 Å². The zero-order valence-corrected chi connectivity index (χ0v) is 8.63. The molecule has 2 nitrogen and oxygen atoms in total. The summed E-state index contributed by atoms with van der Waals surface area (Å²) in [5.41, 5.74) is 0. The fourth-order valence-corrected chi connectivity index (χ4v) is 1.67. The third-order valence-corrected chi connectivity index (χ3v) is 2.13. The lowest BCUT2D eigenvalue weighted by atomic mass is 9.88. The largest absolute Gasteiger partial charge is 0.375 e. The summed E-state index contributed by atoms with van der Waals surface area (Å²) < 4.78 is 5.66. The highest BCUT2D eigenvalue weighted by molar-refractivity contribution is 4.87. The van der Waals surface area contributed by atoms with Crippen LogP contribution < -0.4 is 5.32 Å². The van der Waals surface area contributed by atoms with Gasteiger partial charge in [0.15, 0.2) is 0 Å². The van der Waals surface area contributed by atoms with E-state index in [2.05, 4.69) is 33.0 Å². The van der Waals surface area contributed by atoms with E-state index in [0.717, 1.165) is 0 Å². The molecule has 0 amide bonds. The number of ether oxygens (including phenoxy) is 1. The van der Waals surface area contributed by atoms with Crippen molar-refractivity contribution in [2.45, 2.75) is 64.8 Å². The van der Waals surface area contributed by atoms with Crippen LogP contribution in [0.5, 0.6) is 0 Å². The van der Waals surface area contributed by atoms with Gasteiger partial charge >= 0.3 is 0 Å². The van der Waals surface area contributed by atoms with E-state index in [9.17, 15) is 0 Å². The van der Waals surface area contributed by atoms with Gasteiger partial charge in [-0.1, -0.05) is 13.8 Å². The highest BCUT2D eigenvalue weighted by Gasteiger charge is 2.30. The van der Waals surface area contributed by atoms with Crippen LogP contribution in [0.2, 0.25) is 0 Å². The maximum atomic E-state index is 5.66. The van der Waals surface area contributed by atoms with Crippen molar-refractivity contribution in [3.8, 4) is 0 Å². The van der Waals surface area contributed by atoms with Crippen LogP contribution in [0.1, 0.15) is 40.5 Å². The van der Waals surface area contributed by atoms with Crippen LogP contribution in [-0.2, 0) is 4.74 Å². The Morgan fingerprint density at radius 1 is 1.17 bits per heavy atom. The van der Waals surface area contributed by atoms with Crippen molar-refractivity contribution in [3.63, 3.8) is 0 Å². The predicted octanol–water partition coefficient (Wildman–Crippen LogP) is 1.94. The maximum absolute atomic E-state index is 5.66. The number of hydrogen-bond donors (Lipinski definition) is 1. The second kappa shape index (κ2) is 4.24. The number of nitrogens with one attached hydrogen (secondary N) is 1. The Kier molecular flexibility index (Phi) is 3.53. The molecule has 0 aromatic carbocycles. The van der Waals surface area contributed by atoms with Crippen molar-refractivity contribution in [1.82, 2.24) is 5.32 Å². The third kappa shape index (κ3) is 3.11. The molecule has 12 heavy (non-hydrogen) atoms. The Bertz CT molecular complexity index is 114. The van der Waals surface area contributed by atoms with Gasteiger partial charge in [-0.3, -0.25) is 0 Å². The molecule has 1 aliphatic rings. The highest BCUT2D eigenvalue weighted by atomic mass is 16.5. The van der Waals surface area contributed by atoms with Gasteiger partial charge in [0.2, 0.25) is 0 Å². The van der Waals surface area contributed by atoms with E-state index in [4.69, 9.17) is 4.74 Å². The highest BCUT2D eigenvalue weighted by Crippen LogP contribution is 2.24. The Morgan fingerprint density at radius 2 is 1.75 bits per heavy atom. The summed E-state index contributed by atoms with van der Waals surface area (Å²) in [6.45, 7) is 8.58. The summed E-state index contributed by atoms with van der Waals surface area (Å²) in [4.78, 5) is 0. The van der Waals surface area contributed by atoms with E-state index < -0.39 is 0 Å². The fraction of sp³-hybridized carbons (Fsp3) is 1.00. The first-order valence-corrected chi connectivity index (χ1v) is 4.99. The third-order valence-electron chi connectivity index (χ3n) is 2.13. The molecule has 0 aromatic rings. The van der Waals surface area contributed by atoms with Gasteiger partial charge in [0, 0.05) is 12.1 Å². The van der Waals surface area contributed by atoms with Crippen LogP contribution in [0.4, 0.5) is 0 Å². The molecule has 0 unspecified atom stereocenters. The van der Waals surface area contributed by atoms with Crippen molar-refractivity contribution < 1.29 is 4.74 Å². The zero-order valence-electron chi connectivity index (χ0n) is 8.63. The minimum Gasteiger partial charge on any atom is -0.375 e. The lowest BCUT2D eigenvalue weighted by Crippen LogP contribution is -2.48. The SMILES string of the molecule is CC(C)NC1CC(OC(C)C)C1. The first-order chi connectivity index (χ1) is 5.58. The molecule has 0 radical (unpaired) electrons. The zero-order chi connectivity index (χ0) is 9.14. The molecule has 2 heteroatoms. The first kappa shape index (κ1) is 10.0. The van der Waals surface area contributed by atoms with Crippen LogP contribution in [-0.4, -0.2) is 24.3 Å². The van der Waals surface area contributed by atoms with Crippen LogP contribution in [0.15, 0.2) is 0 Å². The van der Waals surface area contributed by atoms with Crippen LogP contribution >= 0.6 is 0 Å². The molecule has 1 saturated carbocycles. The van der Waals surface area contributed by atoms with Gasteiger partial charge in [0.1, 0.15) is 0 Å². The molecule has 1 rings (SSSR count). The molecular formula is C10H21NO. The summed E-state index contributed by atoms with van der Waals surface area (Å²) in [5, 5.41) is 3.50. The van der Waals surface area contributed by atoms with Gasteiger partial charge in [0.25, 0.3) is 0 Å². The van der Waals surface area contributed by atoms with Crippen molar-refractivity contribution in [3.05, 3.63) is 0 Å². The molecule has 0 spiro atoms. The number of hydrogen-bond acceptors (Lipinski definition) is 2. The lowest BCUT2D eigenvalue weighted by Gasteiger charge is -2.38. The molecular weight excluding hydrogens is 150 g/mol. The van der Waals surface area contributed by atoms with Gasteiger partial charge < -0.3 is 10.1 Å². The topological polar surface area (TPSA) is 21.3 Å². The Balaban J connectivity index is 2.04. The first-order valence-electron chi connectivity index (χ1n) is 4.99. The molecule has 0 bridgehead atoms. The summed E-state index contributed by atoms with van der Waals surface area (Å²) in [5.74, 6) is 0. The molecule has 0 saturated heterocycles. The minimum absolute atomic E-state index is 0.384. The van der Waals surface area contributed by atoms with Crippen molar-refractivity contribution in [1.29, 1.82) is 0 Å². The van der Waals surface area contributed by atoms with E-state index in [-0.39, 0.29) is 0 Å². The second-order valence-electron chi connectivity index (χ2n) is 4.30. The number of rotatable bonds is 4. The van der Waals surface area contributed by atoms with Crippen LogP contribution in [0.25, 0.3) is 0 Å². The van der Waals surface area contributed by atoms with Crippen molar-refractivity contribution >= 4 is 0 Å². The fourth-order valence-electron chi connectivity index (χ4n) is 1.67. The minimum atomic E-state index is 0.384. The summed E-state index contributed by atoms with van der Waals surface area (Å²) >= 11 is 0. The Hall–Kier alpha value is -0.0800. The van der Waals surface area contributed by atoms with Gasteiger partial charge in [-0.25, -0.2) is 0 Å². The molecule has 1 N–H and O–H groups in total. The van der Waals surface area contributed by atoms with E-state index in [1.54, 1.807) is 0 Å². The smallest absolute Gasteiger partial charge is 0.0608 e. The van der Waals surface area contributed by atoms with Gasteiger partial charge in [0.05, 0.1) is 12.2 Å². The van der Waals surface area contributed by atoms with Gasteiger partial charge in [-0.2, -0.15) is 0 Å². The van der Waals surface area contributed by atoms with Crippen LogP contribution in [0, 0.1) is 0 Å². The van der Waals surface area contributed by atoms with Gasteiger partial charge in [-0.15, -0.1) is 0 Å². The Labute approximate surface area is 75.7 Å². The van der Waals surface area contributed by atoms with E-state index >= 15 is 0 Å². The van der Waals surface area contributed by atoms with E-state index in [1.165, 1.54) is 12.8 Å². The molecule has 0 heterocycles. The molecule has 1 fully saturated rings. The predicted molar refractivity (Wildman–Crippen MR) is 51.3 cm³/mol. The van der Waals surface area contributed by atoms with E-state index in [1.807, 2.05) is 0 Å². The van der Waals surface area contributed by atoms with E-state index in [0.29, 0.717) is 24.3 Å².